The summed E-state index contributed by atoms with van der Waals surface area (Å²) >= 11 is 0. The maximum atomic E-state index is 11.2. The van der Waals surface area contributed by atoms with Crippen LogP contribution in [0.15, 0.2) is 0 Å². The third-order valence-electron chi connectivity index (χ3n) is 1.97. The van der Waals surface area contributed by atoms with Crippen molar-refractivity contribution in [1.29, 1.82) is 0 Å². The van der Waals surface area contributed by atoms with Gasteiger partial charge in [-0.15, -0.1) is 0 Å². The molecule has 0 heterocycles. The molecule has 0 aromatic carbocycles. The quantitative estimate of drug-likeness (QED) is 0.693. The Morgan fingerprint density at radius 2 is 2.07 bits per heavy atom. The summed E-state index contributed by atoms with van der Waals surface area (Å²) in [5, 5.41) is 2.80. The van der Waals surface area contributed by atoms with Crippen molar-refractivity contribution in [3.63, 3.8) is 0 Å². The Labute approximate surface area is 92.6 Å². The number of nitrogens with two attached hydrogens (primary N) is 1. The molecule has 0 fully saturated rings. The van der Waals surface area contributed by atoms with Crippen LogP contribution in [0.4, 0.5) is 0 Å². The molecule has 0 aliphatic carbocycles. The maximum Gasteiger partial charge on any atom is 0.222 e. The number of nitrogens with one attached hydrogen (secondary N) is 1. The van der Waals surface area contributed by atoms with Crippen LogP contribution in [0.3, 0.4) is 0 Å². The minimum atomic E-state index is 0.00112. The Kier molecular flexibility index (Phi) is 6.52. The predicted molar refractivity (Wildman–Crippen MR) is 61.6 cm³/mol. The second-order valence-electron chi connectivity index (χ2n) is 5.07. The van der Waals surface area contributed by atoms with Gasteiger partial charge in [-0.2, -0.15) is 0 Å². The zero-order valence-corrected chi connectivity index (χ0v) is 10.3. The molecule has 3 N–H and O–H groups in total. The molecule has 0 spiro atoms. The van der Waals surface area contributed by atoms with Crippen LogP contribution in [-0.4, -0.2) is 32.2 Å². The summed E-state index contributed by atoms with van der Waals surface area (Å²) in [4.78, 5) is 11.2. The molecular weight excluding hydrogens is 192 g/mol. The average molecular weight is 216 g/mol. The van der Waals surface area contributed by atoms with Gasteiger partial charge in [0.05, 0.1) is 6.61 Å². The average Bonchev–Trinajstić information content (AvgIpc) is 2.08. The second-order valence-corrected chi connectivity index (χ2v) is 5.07. The van der Waals surface area contributed by atoms with Crippen LogP contribution in [0.25, 0.3) is 0 Å². The molecule has 0 radical (unpaired) electrons. The molecule has 4 heteroatoms. The van der Waals surface area contributed by atoms with E-state index in [2.05, 4.69) is 26.1 Å². The number of ether oxygens (including phenoxy) is 1. The highest BCUT2D eigenvalue weighted by atomic mass is 16.5. The van der Waals surface area contributed by atoms with Crippen molar-refractivity contribution in [2.75, 3.05) is 20.3 Å². The summed E-state index contributed by atoms with van der Waals surface area (Å²) in [5.41, 5.74) is 6.10. The van der Waals surface area contributed by atoms with Gasteiger partial charge in [-0.25, -0.2) is 0 Å². The van der Waals surface area contributed by atoms with Crippen molar-refractivity contribution in [1.82, 2.24) is 5.32 Å². The molecule has 0 aromatic rings. The molecule has 1 amide bonds. The van der Waals surface area contributed by atoms with E-state index >= 15 is 0 Å². The minimum absolute atomic E-state index is 0.00112. The van der Waals surface area contributed by atoms with Crippen molar-refractivity contribution < 1.29 is 9.53 Å². The second kappa shape index (κ2) is 6.80. The number of carbonyl (C=O) groups is 1. The fourth-order valence-corrected chi connectivity index (χ4v) is 1.39. The zero-order chi connectivity index (χ0) is 11.9. The first kappa shape index (κ1) is 14.4. The van der Waals surface area contributed by atoms with E-state index in [0.29, 0.717) is 19.6 Å². The van der Waals surface area contributed by atoms with Gasteiger partial charge in [0.25, 0.3) is 0 Å². The Morgan fingerprint density at radius 1 is 1.47 bits per heavy atom. The zero-order valence-electron chi connectivity index (χ0n) is 10.3. The van der Waals surface area contributed by atoms with Gasteiger partial charge < -0.3 is 15.8 Å². The van der Waals surface area contributed by atoms with Crippen LogP contribution in [0.1, 0.15) is 33.6 Å². The van der Waals surface area contributed by atoms with Crippen LogP contribution in [-0.2, 0) is 9.53 Å². The van der Waals surface area contributed by atoms with E-state index in [0.717, 1.165) is 6.42 Å². The summed E-state index contributed by atoms with van der Waals surface area (Å²) < 4.78 is 4.81. The largest absolute Gasteiger partial charge is 0.384 e. The molecule has 0 rings (SSSR count). The summed E-state index contributed by atoms with van der Waals surface area (Å²) in [6.45, 7) is 7.42. The van der Waals surface area contributed by atoms with Crippen LogP contribution >= 0.6 is 0 Å². The molecular formula is C11H24N2O2. The van der Waals surface area contributed by atoms with Crippen LogP contribution in [0.2, 0.25) is 0 Å². The first-order valence-electron chi connectivity index (χ1n) is 5.36. The van der Waals surface area contributed by atoms with Gasteiger partial charge in [0, 0.05) is 26.1 Å². The fraction of sp³-hybridized carbons (Fsp3) is 0.909. The highest BCUT2D eigenvalue weighted by Gasteiger charge is 2.15. The van der Waals surface area contributed by atoms with Crippen LogP contribution in [0, 0.1) is 5.41 Å². The van der Waals surface area contributed by atoms with E-state index in [1.807, 2.05) is 0 Å². The van der Waals surface area contributed by atoms with Crippen molar-refractivity contribution >= 4 is 5.91 Å². The lowest BCUT2D eigenvalue weighted by molar-refractivity contribution is -0.122. The third-order valence-corrected chi connectivity index (χ3v) is 1.97. The van der Waals surface area contributed by atoms with Gasteiger partial charge in [-0.1, -0.05) is 20.8 Å². The van der Waals surface area contributed by atoms with Gasteiger partial charge in [0.15, 0.2) is 0 Å². The molecule has 0 saturated carbocycles. The van der Waals surface area contributed by atoms with Gasteiger partial charge in [-0.05, 0) is 11.8 Å². The van der Waals surface area contributed by atoms with Crippen molar-refractivity contribution in [3.8, 4) is 0 Å². The first-order chi connectivity index (χ1) is 6.85. The van der Waals surface area contributed by atoms with Crippen LogP contribution < -0.4 is 11.1 Å². The normalized spacial score (nSPS) is 13.7. The monoisotopic (exact) mass is 216 g/mol. The maximum absolute atomic E-state index is 11.2. The molecule has 0 bridgehead atoms. The van der Waals surface area contributed by atoms with Crippen molar-refractivity contribution in [2.24, 2.45) is 11.1 Å². The minimum Gasteiger partial charge on any atom is -0.384 e. The molecule has 4 nitrogen and oxygen atoms in total. The molecule has 90 valence electrons. The number of methoxy groups -OCH3 is 1. The number of rotatable bonds is 6. The highest BCUT2D eigenvalue weighted by Crippen LogP contribution is 2.19. The van der Waals surface area contributed by atoms with Gasteiger partial charge >= 0.3 is 0 Å². The standard InChI is InChI=1S/C11H24N2O2/c1-11(2,3)7-9(12)8-13-10(14)5-6-15-4/h9H,5-8,12H2,1-4H3,(H,13,14). The number of hydrogen-bond acceptors (Lipinski definition) is 3. The Balaban J connectivity index is 3.62. The first-order valence-corrected chi connectivity index (χ1v) is 5.36. The Morgan fingerprint density at radius 3 is 2.53 bits per heavy atom. The van der Waals surface area contributed by atoms with Gasteiger partial charge in [0.1, 0.15) is 0 Å². The molecule has 0 aliphatic heterocycles. The number of carbonyl (C=O) groups excluding carboxylic acids is 1. The molecule has 1 atom stereocenters. The van der Waals surface area contributed by atoms with E-state index in [4.69, 9.17) is 10.5 Å². The fourth-order valence-electron chi connectivity index (χ4n) is 1.39. The lowest BCUT2D eigenvalue weighted by Gasteiger charge is -2.23. The highest BCUT2D eigenvalue weighted by molar-refractivity contribution is 5.75. The molecule has 1 unspecified atom stereocenters. The van der Waals surface area contributed by atoms with E-state index in [1.54, 1.807) is 7.11 Å². The summed E-state index contributed by atoms with van der Waals surface area (Å²) in [7, 11) is 1.58. The SMILES string of the molecule is COCCC(=O)NCC(N)CC(C)(C)C. The van der Waals surface area contributed by atoms with E-state index < -0.39 is 0 Å². The third kappa shape index (κ3) is 9.69. The Hall–Kier alpha value is -0.610. The summed E-state index contributed by atoms with van der Waals surface area (Å²) in [6, 6.07) is 0.0245. The smallest absolute Gasteiger partial charge is 0.222 e. The topological polar surface area (TPSA) is 64.3 Å². The molecule has 0 aliphatic rings. The molecule has 0 aromatic heterocycles. The van der Waals surface area contributed by atoms with Crippen LogP contribution in [0.5, 0.6) is 0 Å². The molecule has 15 heavy (non-hydrogen) atoms. The summed E-state index contributed by atoms with van der Waals surface area (Å²) in [6.07, 6.45) is 1.30. The van der Waals surface area contributed by atoms with E-state index in [9.17, 15) is 4.79 Å². The summed E-state index contributed by atoms with van der Waals surface area (Å²) in [5.74, 6) is 0.00112. The Bertz CT molecular complexity index is 188. The van der Waals surface area contributed by atoms with E-state index in [1.165, 1.54) is 0 Å². The molecule has 0 saturated heterocycles. The number of amides is 1. The van der Waals surface area contributed by atoms with Gasteiger partial charge in [-0.3, -0.25) is 4.79 Å². The van der Waals surface area contributed by atoms with E-state index in [-0.39, 0.29) is 17.4 Å². The predicted octanol–water partition coefficient (Wildman–Crippen LogP) is 0.903. The van der Waals surface area contributed by atoms with Gasteiger partial charge in [0.2, 0.25) is 5.91 Å². The lowest BCUT2D eigenvalue weighted by atomic mass is 9.88. The lowest BCUT2D eigenvalue weighted by Crippen LogP contribution is -2.39. The van der Waals surface area contributed by atoms with Crippen molar-refractivity contribution in [2.45, 2.75) is 39.7 Å². The van der Waals surface area contributed by atoms with Crippen molar-refractivity contribution in [3.05, 3.63) is 0 Å². The number of hydrogen-bond donors (Lipinski definition) is 2.